The van der Waals surface area contributed by atoms with Gasteiger partial charge in [0.25, 0.3) is 0 Å². The van der Waals surface area contributed by atoms with Gasteiger partial charge in [0.1, 0.15) is 16.2 Å². The van der Waals surface area contributed by atoms with Crippen LogP contribution in [-0.2, 0) is 4.79 Å². The molecule has 0 spiro atoms. The number of anilines is 1. The van der Waals surface area contributed by atoms with Crippen molar-refractivity contribution in [1.82, 2.24) is 4.98 Å². The van der Waals surface area contributed by atoms with Gasteiger partial charge in [-0.25, -0.2) is 4.98 Å². The normalized spacial score (nSPS) is 18.1. The fourth-order valence-corrected chi connectivity index (χ4v) is 5.78. The lowest BCUT2D eigenvalue weighted by molar-refractivity contribution is -0.123. The van der Waals surface area contributed by atoms with Crippen molar-refractivity contribution >= 4 is 46.6 Å². The second kappa shape index (κ2) is 10.5. The Morgan fingerprint density at radius 1 is 0.889 bits per heavy atom. The van der Waals surface area contributed by atoms with Crippen LogP contribution in [0.1, 0.15) is 23.3 Å². The number of β-lactam (4-membered cyclic amide) rings is 1. The van der Waals surface area contributed by atoms with E-state index in [1.807, 2.05) is 42.5 Å². The van der Waals surface area contributed by atoms with Gasteiger partial charge in [-0.1, -0.05) is 59.6 Å². The summed E-state index contributed by atoms with van der Waals surface area (Å²) in [5.74, 6) is 0.504. The van der Waals surface area contributed by atoms with Crippen molar-refractivity contribution in [3.8, 4) is 16.9 Å². The van der Waals surface area contributed by atoms with Crippen molar-refractivity contribution in [3.63, 3.8) is 0 Å². The second-order valence-corrected chi connectivity index (χ2v) is 10.5. The molecule has 3 atom stereocenters. The standard InChI is InChI=1S/C28H22Cl2N2O3S/c29-21-8-1-18(2-9-21)24(34)16-36-27-26(19-5-12-23(33)13-6-19)32(28(27)35)22-10-3-17(4-11-22)20-7-14-25(30)31-15-20/h1-15,24,26-27,33-34H,16H2/t24-,26-,27-/m1/s1. The molecule has 0 unspecified atom stereocenters. The van der Waals surface area contributed by atoms with Crippen molar-refractivity contribution < 1.29 is 15.0 Å². The van der Waals surface area contributed by atoms with E-state index in [1.54, 1.807) is 53.6 Å². The number of aromatic nitrogens is 1. The van der Waals surface area contributed by atoms with E-state index in [9.17, 15) is 15.0 Å². The van der Waals surface area contributed by atoms with Crippen LogP contribution in [0, 0.1) is 0 Å². The maximum atomic E-state index is 13.3. The summed E-state index contributed by atoms with van der Waals surface area (Å²) in [6.45, 7) is 0. The first-order chi connectivity index (χ1) is 17.4. The number of aliphatic hydroxyl groups excluding tert-OH is 1. The van der Waals surface area contributed by atoms with E-state index in [1.165, 1.54) is 11.8 Å². The number of phenols is 1. The number of amides is 1. The Kier molecular flexibility index (Phi) is 7.21. The molecule has 5 rings (SSSR count). The van der Waals surface area contributed by atoms with Crippen molar-refractivity contribution in [1.29, 1.82) is 0 Å². The molecule has 3 aromatic carbocycles. The Morgan fingerprint density at radius 3 is 2.19 bits per heavy atom. The molecule has 8 heteroatoms. The monoisotopic (exact) mass is 536 g/mol. The molecule has 0 saturated carbocycles. The minimum Gasteiger partial charge on any atom is -0.508 e. The zero-order valence-corrected chi connectivity index (χ0v) is 21.3. The molecule has 0 bridgehead atoms. The maximum absolute atomic E-state index is 13.3. The van der Waals surface area contributed by atoms with E-state index >= 15 is 0 Å². The number of rotatable bonds is 7. The number of aliphatic hydroxyl groups is 1. The number of phenolic OH excluding ortho intramolecular Hbond substituents is 1. The Balaban J connectivity index is 1.37. The second-order valence-electron chi connectivity index (χ2n) is 8.48. The van der Waals surface area contributed by atoms with Crippen molar-refractivity contribution in [2.45, 2.75) is 17.4 Å². The molecule has 2 heterocycles. The van der Waals surface area contributed by atoms with Gasteiger partial charge in [-0.15, -0.1) is 11.8 Å². The highest BCUT2D eigenvalue weighted by Gasteiger charge is 2.49. The molecule has 1 saturated heterocycles. The van der Waals surface area contributed by atoms with E-state index in [0.29, 0.717) is 15.9 Å². The fourth-order valence-electron chi connectivity index (χ4n) is 4.25. The van der Waals surface area contributed by atoms with Crippen LogP contribution < -0.4 is 4.90 Å². The lowest BCUT2D eigenvalue weighted by Crippen LogP contribution is -2.57. The van der Waals surface area contributed by atoms with Gasteiger partial charge in [-0.2, -0.15) is 0 Å². The van der Waals surface area contributed by atoms with Crippen LogP contribution in [0.5, 0.6) is 5.75 Å². The summed E-state index contributed by atoms with van der Waals surface area (Å²) >= 11 is 13.3. The summed E-state index contributed by atoms with van der Waals surface area (Å²) in [5.41, 5.74) is 4.34. The maximum Gasteiger partial charge on any atom is 0.243 e. The molecule has 5 nitrogen and oxygen atoms in total. The fraction of sp³-hybridized carbons (Fsp3) is 0.143. The summed E-state index contributed by atoms with van der Waals surface area (Å²) < 4.78 is 0. The molecular weight excluding hydrogens is 515 g/mol. The minimum atomic E-state index is -0.721. The number of carbonyl (C=O) groups excluding carboxylic acids is 1. The lowest BCUT2D eigenvalue weighted by atomic mass is 9.92. The number of aromatic hydroxyl groups is 1. The smallest absolute Gasteiger partial charge is 0.243 e. The zero-order valence-electron chi connectivity index (χ0n) is 19.0. The summed E-state index contributed by atoms with van der Waals surface area (Å²) in [7, 11) is 0. The van der Waals surface area contributed by atoms with Crippen LogP contribution in [0.25, 0.3) is 11.1 Å². The number of nitrogens with zero attached hydrogens (tertiary/aromatic N) is 2. The minimum absolute atomic E-state index is 0.0257. The molecule has 1 fully saturated rings. The molecule has 1 aliphatic rings. The molecule has 36 heavy (non-hydrogen) atoms. The van der Waals surface area contributed by atoms with Gasteiger partial charge in [0.2, 0.25) is 5.91 Å². The summed E-state index contributed by atoms with van der Waals surface area (Å²) in [5, 5.41) is 21.1. The molecule has 4 aromatic rings. The number of benzene rings is 3. The number of hydrogen-bond donors (Lipinski definition) is 2. The average Bonchev–Trinajstić information content (AvgIpc) is 2.89. The molecule has 1 aliphatic heterocycles. The Morgan fingerprint density at radius 2 is 1.56 bits per heavy atom. The molecule has 0 aliphatic carbocycles. The van der Waals surface area contributed by atoms with Gasteiger partial charge in [-0.05, 0) is 65.2 Å². The van der Waals surface area contributed by atoms with Gasteiger partial charge >= 0.3 is 0 Å². The molecule has 1 amide bonds. The molecular formula is C28H22Cl2N2O3S. The summed E-state index contributed by atoms with van der Waals surface area (Å²) in [6, 6.07) is 25.1. The third-order valence-electron chi connectivity index (χ3n) is 6.18. The van der Waals surface area contributed by atoms with Crippen LogP contribution in [0.3, 0.4) is 0 Å². The number of carbonyl (C=O) groups is 1. The quantitative estimate of drug-likeness (QED) is 0.203. The predicted molar refractivity (Wildman–Crippen MR) is 146 cm³/mol. The van der Waals surface area contributed by atoms with Crippen LogP contribution in [0.4, 0.5) is 5.69 Å². The molecule has 1 aromatic heterocycles. The third-order valence-corrected chi connectivity index (χ3v) is 7.98. The first-order valence-electron chi connectivity index (χ1n) is 11.3. The topological polar surface area (TPSA) is 73.7 Å². The van der Waals surface area contributed by atoms with Crippen LogP contribution >= 0.6 is 35.0 Å². The number of halogens is 2. The first kappa shape index (κ1) is 24.7. The molecule has 182 valence electrons. The molecule has 0 radical (unpaired) electrons. The largest absolute Gasteiger partial charge is 0.508 e. The highest BCUT2D eigenvalue weighted by Crippen LogP contribution is 2.46. The van der Waals surface area contributed by atoms with Crippen molar-refractivity contribution in [2.75, 3.05) is 10.7 Å². The van der Waals surface area contributed by atoms with E-state index in [0.717, 1.165) is 27.9 Å². The van der Waals surface area contributed by atoms with Gasteiger partial charge in [0.05, 0.1) is 12.1 Å². The van der Waals surface area contributed by atoms with Gasteiger partial charge < -0.3 is 15.1 Å². The van der Waals surface area contributed by atoms with Crippen LogP contribution in [0.15, 0.2) is 91.1 Å². The Labute approximate surface area is 223 Å². The van der Waals surface area contributed by atoms with Crippen LogP contribution in [-0.4, -0.2) is 32.1 Å². The highest BCUT2D eigenvalue weighted by atomic mass is 35.5. The predicted octanol–water partition coefficient (Wildman–Crippen LogP) is 6.68. The summed E-state index contributed by atoms with van der Waals surface area (Å²) in [6.07, 6.45) is 0.992. The third kappa shape index (κ3) is 5.08. The van der Waals surface area contributed by atoms with Gasteiger partial charge in [0, 0.05) is 28.2 Å². The van der Waals surface area contributed by atoms with Crippen molar-refractivity contribution in [2.24, 2.45) is 0 Å². The zero-order chi connectivity index (χ0) is 25.2. The van der Waals surface area contributed by atoms with E-state index < -0.39 is 6.10 Å². The van der Waals surface area contributed by atoms with Gasteiger partial charge in [0.15, 0.2) is 0 Å². The Bertz CT molecular complexity index is 1350. The van der Waals surface area contributed by atoms with Gasteiger partial charge in [-0.3, -0.25) is 4.79 Å². The summed E-state index contributed by atoms with van der Waals surface area (Å²) in [4.78, 5) is 19.2. The number of hydrogen-bond acceptors (Lipinski definition) is 5. The average molecular weight is 537 g/mol. The number of thioether (sulfide) groups is 1. The SMILES string of the molecule is O=C1[C@H](SC[C@@H](O)c2ccc(Cl)cc2)[C@@H](c2ccc(O)cc2)N1c1ccc(-c2ccc(Cl)nc2)cc1. The van der Waals surface area contributed by atoms with E-state index in [4.69, 9.17) is 23.2 Å². The Hall–Kier alpha value is -3.03. The van der Waals surface area contributed by atoms with E-state index in [2.05, 4.69) is 4.98 Å². The highest BCUT2D eigenvalue weighted by molar-refractivity contribution is 8.00. The molecule has 2 N–H and O–H groups in total. The number of pyridine rings is 1. The van der Waals surface area contributed by atoms with Crippen LogP contribution in [0.2, 0.25) is 10.2 Å². The first-order valence-corrected chi connectivity index (χ1v) is 13.1. The van der Waals surface area contributed by atoms with Crippen molar-refractivity contribution in [3.05, 3.63) is 112 Å². The van der Waals surface area contributed by atoms with E-state index in [-0.39, 0.29) is 22.9 Å². The lowest BCUT2D eigenvalue weighted by Gasteiger charge is -2.47.